The Morgan fingerprint density at radius 1 is 1.47 bits per heavy atom. The zero-order chi connectivity index (χ0) is 10.7. The van der Waals surface area contributed by atoms with Crippen molar-refractivity contribution < 1.29 is 0 Å². The summed E-state index contributed by atoms with van der Waals surface area (Å²) in [4.78, 5) is 2.56. The summed E-state index contributed by atoms with van der Waals surface area (Å²) >= 11 is 0. The highest BCUT2D eigenvalue weighted by atomic mass is 15.1. The van der Waals surface area contributed by atoms with Gasteiger partial charge in [-0.15, -0.1) is 0 Å². The highest BCUT2D eigenvalue weighted by Crippen LogP contribution is 2.35. The molecule has 0 spiro atoms. The number of fused-ring (bicyclic) bond motifs is 1. The number of likely N-dealkylation sites (tertiary alicyclic amines) is 1. The second-order valence-corrected chi connectivity index (χ2v) is 4.76. The van der Waals surface area contributed by atoms with Crippen LogP contribution in [-0.2, 0) is 0 Å². The predicted molar refractivity (Wildman–Crippen MR) is 61.3 cm³/mol. The molecule has 15 heavy (non-hydrogen) atoms. The first-order chi connectivity index (χ1) is 7.35. The van der Waals surface area contributed by atoms with Crippen LogP contribution in [0.3, 0.4) is 0 Å². The van der Waals surface area contributed by atoms with Crippen molar-refractivity contribution in [2.45, 2.75) is 39.0 Å². The fourth-order valence-electron chi connectivity index (χ4n) is 2.99. The molecule has 0 radical (unpaired) electrons. The first kappa shape index (κ1) is 10.7. The van der Waals surface area contributed by atoms with Crippen molar-refractivity contribution in [1.29, 1.82) is 5.26 Å². The molecule has 1 fully saturated rings. The van der Waals surface area contributed by atoms with Gasteiger partial charge in [0.1, 0.15) is 0 Å². The Balaban J connectivity index is 2.07. The molecule has 1 aliphatic heterocycles. The molecule has 2 heteroatoms. The van der Waals surface area contributed by atoms with E-state index in [1.54, 1.807) is 0 Å². The number of piperidine rings is 1. The van der Waals surface area contributed by atoms with Crippen LogP contribution in [0, 0.1) is 17.2 Å². The van der Waals surface area contributed by atoms with E-state index in [0.29, 0.717) is 5.92 Å². The van der Waals surface area contributed by atoms with E-state index in [0.717, 1.165) is 18.4 Å². The summed E-state index contributed by atoms with van der Waals surface area (Å²) in [6.45, 7) is 5.85. The average Bonchev–Trinajstić information content (AvgIpc) is 2.28. The lowest BCUT2D eigenvalue weighted by Crippen LogP contribution is -2.38. The van der Waals surface area contributed by atoms with Gasteiger partial charge in [-0.05, 0) is 44.6 Å². The molecular formula is C13H20N2. The first-order valence-corrected chi connectivity index (χ1v) is 6.19. The summed E-state index contributed by atoms with van der Waals surface area (Å²) in [5, 5.41) is 9.08. The zero-order valence-electron chi connectivity index (χ0n) is 9.63. The van der Waals surface area contributed by atoms with E-state index in [1.807, 2.05) is 0 Å². The molecule has 1 heterocycles. The minimum Gasteiger partial charge on any atom is -0.302 e. The minimum atomic E-state index is 0.702. The van der Waals surface area contributed by atoms with Gasteiger partial charge in [-0.25, -0.2) is 0 Å². The van der Waals surface area contributed by atoms with Gasteiger partial charge in [-0.2, -0.15) is 5.26 Å². The SMILES string of the molecule is CCCN1CCC2=C(C#N)CCCC2C1. The Morgan fingerprint density at radius 2 is 2.33 bits per heavy atom. The van der Waals surface area contributed by atoms with Crippen LogP contribution in [0.2, 0.25) is 0 Å². The van der Waals surface area contributed by atoms with Crippen molar-refractivity contribution in [2.24, 2.45) is 5.92 Å². The van der Waals surface area contributed by atoms with E-state index in [2.05, 4.69) is 17.9 Å². The Kier molecular flexibility index (Phi) is 3.43. The van der Waals surface area contributed by atoms with Crippen molar-refractivity contribution in [2.75, 3.05) is 19.6 Å². The summed E-state index contributed by atoms with van der Waals surface area (Å²) < 4.78 is 0. The minimum absolute atomic E-state index is 0.702. The molecule has 2 rings (SSSR count). The van der Waals surface area contributed by atoms with Gasteiger partial charge in [-0.3, -0.25) is 0 Å². The lowest BCUT2D eigenvalue weighted by molar-refractivity contribution is 0.201. The molecule has 0 N–H and O–H groups in total. The molecule has 1 unspecified atom stereocenters. The zero-order valence-corrected chi connectivity index (χ0v) is 9.63. The number of nitriles is 1. The second kappa shape index (κ2) is 4.81. The summed E-state index contributed by atoms with van der Waals surface area (Å²) in [6, 6.07) is 2.41. The Labute approximate surface area is 92.6 Å². The Morgan fingerprint density at radius 3 is 3.07 bits per heavy atom. The van der Waals surface area contributed by atoms with Gasteiger partial charge in [0.25, 0.3) is 0 Å². The van der Waals surface area contributed by atoms with Crippen molar-refractivity contribution in [1.82, 2.24) is 4.90 Å². The van der Waals surface area contributed by atoms with Gasteiger partial charge in [0.15, 0.2) is 0 Å². The molecule has 0 bridgehead atoms. The van der Waals surface area contributed by atoms with E-state index in [9.17, 15) is 0 Å². The van der Waals surface area contributed by atoms with E-state index in [1.165, 1.54) is 44.5 Å². The fourth-order valence-corrected chi connectivity index (χ4v) is 2.99. The van der Waals surface area contributed by atoms with E-state index in [4.69, 9.17) is 5.26 Å². The molecule has 1 atom stereocenters. The van der Waals surface area contributed by atoms with Gasteiger partial charge in [-0.1, -0.05) is 12.5 Å². The molecule has 0 aromatic carbocycles. The average molecular weight is 204 g/mol. The van der Waals surface area contributed by atoms with Crippen LogP contribution < -0.4 is 0 Å². The maximum Gasteiger partial charge on any atom is 0.0946 e. The molecule has 0 amide bonds. The molecule has 2 nitrogen and oxygen atoms in total. The summed E-state index contributed by atoms with van der Waals surface area (Å²) in [6.07, 6.45) is 5.96. The van der Waals surface area contributed by atoms with E-state index >= 15 is 0 Å². The fraction of sp³-hybridized carbons (Fsp3) is 0.769. The highest BCUT2D eigenvalue weighted by molar-refractivity contribution is 5.32. The monoisotopic (exact) mass is 204 g/mol. The maximum absolute atomic E-state index is 9.08. The highest BCUT2D eigenvalue weighted by Gasteiger charge is 2.28. The number of allylic oxidation sites excluding steroid dienone is 1. The van der Waals surface area contributed by atoms with Crippen LogP contribution in [0.1, 0.15) is 39.0 Å². The van der Waals surface area contributed by atoms with Crippen molar-refractivity contribution in [3.05, 3.63) is 11.1 Å². The molecular weight excluding hydrogens is 184 g/mol. The van der Waals surface area contributed by atoms with Crippen molar-refractivity contribution in [3.8, 4) is 6.07 Å². The van der Waals surface area contributed by atoms with Crippen LogP contribution in [0.25, 0.3) is 0 Å². The van der Waals surface area contributed by atoms with Crippen LogP contribution >= 0.6 is 0 Å². The van der Waals surface area contributed by atoms with Gasteiger partial charge in [0, 0.05) is 18.7 Å². The van der Waals surface area contributed by atoms with Crippen LogP contribution in [0.15, 0.2) is 11.1 Å². The van der Waals surface area contributed by atoms with Gasteiger partial charge in [0.05, 0.1) is 6.07 Å². The Bertz CT molecular complexity index is 298. The number of hydrogen-bond donors (Lipinski definition) is 0. The van der Waals surface area contributed by atoms with Crippen LogP contribution in [0.4, 0.5) is 0 Å². The summed E-state index contributed by atoms with van der Waals surface area (Å²) in [5.74, 6) is 0.702. The third kappa shape index (κ3) is 2.23. The van der Waals surface area contributed by atoms with Crippen LogP contribution in [0.5, 0.6) is 0 Å². The Hall–Kier alpha value is -0.810. The van der Waals surface area contributed by atoms with E-state index in [-0.39, 0.29) is 0 Å². The van der Waals surface area contributed by atoms with Crippen molar-refractivity contribution in [3.63, 3.8) is 0 Å². The topological polar surface area (TPSA) is 27.0 Å². The van der Waals surface area contributed by atoms with Gasteiger partial charge < -0.3 is 4.90 Å². The summed E-state index contributed by atoms with van der Waals surface area (Å²) in [7, 11) is 0. The molecule has 0 aromatic rings. The largest absolute Gasteiger partial charge is 0.302 e. The van der Waals surface area contributed by atoms with Crippen molar-refractivity contribution >= 4 is 0 Å². The molecule has 1 saturated heterocycles. The third-order valence-corrected chi connectivity index (χ3v) is 3.71. The summed E-state index contributed by atoms with van der Waals surface area (Å²) in [5.41, 5.74) is 2.61. The third-order valence-electron chi connectivity index (χ3n) is 3.71. The predicted octanol–water partition coefficient (Wildman–Crippen LogP) is 2.72. The molecule has 0 aromatic heterocycles. The first-order valence-electron chi connectivity index (χ1n) is 6.19. The maximum atomic E-state index is 9.08. The van der Waals surface area contributed by atoms with E-state index < -0.39 is 0 Å². The smallest absolute Gasteiger partial charge is 0.0946 e. The molecule has 0 saturated carbocycles. The van der Waals surface area contributed by atoms with Gasteiger partial charge >= 0.3 is 0 Å². The lowest BCUT2D eigenvalue weighted by atomic mass is 9.79. The lowest BCUT2D eigenvalue weighted by Gasteiger charge is -2.37. The van der Waals surface area contributed by atoms with Crippen LogP contribution in [-0.4, -0.2) is 24.5 Å². The standard InChI is InChI=1S/C13H20N2/c1-2-7-15-8-6-13-11(9-14)4-3-5-12(13)10-15/h12H,2-8,10H2,1H3. The number of rotatable bonds is 2. The molecule has 1 aliphatic carbocycles. The number of nitrogens with zero attached hydrogens (tertiary/aromatic N) is 2. The quantitative estimate of drug-likeness (QED) is 0.691. The second-order valence-electron chi connectivity index (χ2n) is 4.76. The molecule has 82 valence electrons. The van der Waals surface area contributed by atoms with Gasteiger partial charge in [0.2, 0.25) is 0 Å². The molecule has 2 aliphatic rings. The normalized spacial score (nSPS) is 27.3. The number of hydrogen-bond acceptors (Lipinski definition) is 2.